The Bertz CT molecular complexity index is 1400. The number of pyridine rings is 1. The first-order valence-electron chi connectivity index (χ1n) is 10.6. The van der Waals surface area contributed by atoms with Crippen LogP contribution in [0.5, 0.6) is 0 Å². The summed E-state index contributed by atoms with van der Waals surface area (Å²) in [6, 6.07) is 11.7. The molecule has 1 aromatic carbocycles. The first-order chi connectivity index (χ1) is 15.4. The molecule has 1 unspecified atom stereocenters. The molecule has 0 bridgehead atoms. The number of aromatic nitrogens is 4. The van der Waals surface area contributed by atoms with Crippen molar-refractivity contribution in [2.45, 2.75) is 19.4 Å². The van der Waals surface area contributed by atoms with Gasteiger partial charge in [0.1, 0.15) is 5.82 Å². The highest BCUT2D eigenvalue weighted by molar-refractivity contribution is 5.97. The van der Waals surface area contributed by atoms with Crippen LogP contribution in [0.15, 0.2) is 53.5 Å². The molecule has 8 heteroatoms. The summed E-state index contributed by atoms with van der Waals surface area (Å²) in [7, 11) is 3.64. The minimum absolute atomic E-state index is 0.0600. The van der Waals surface area contributed by atoms with Crippen LogP contribution in [0.1, 0.15) is 28.5 Å². The van der Waals surface area contributed by atoms with E-state index in [1.165, 1.54) is 12.1 Å². The number of amides is 1. The molecule has 0 aliphatic carbocycles. The van der Waals surface area contributed by atoms with E-state index >= 15 is 0 Å². The summed E-state index contributed by atoms with van der Waals surface area (Å²) in [4.78, 5) is 32.5. The SMILES string of the molecule is Cc1c(C(=O)N2CCC(n3c(=O)n(C)c4cccnc43)C2)cc(-c2ccc(F)cc2)n1C. The maximum absolute atomic E-state index is 13.4. The lowest BCUT2D eigenvalue weighted by Crippen LogP contribution is -2.32. The van der Waals surface area contributed by atoms with E-state index < -0.39 is 0 Å². The van der Waals surface area contributed by atoms with Crippen molar-refractivity contribution in [1.82, 2.24) is 23.6 Å². The predicted molar refractivity (Wildman–Crippen MR) is 120 cm³/mol. The predicted octanol–water partition coefficient (Wildman–Crippen LogP) is 3.28. The quantitative estimate of drug-likeness (QED) is 0.498. The van der Waals surface area contributed by atoms with E-state index in [0.717, 1.165) is 22.5 Å². The molecule has 1 amide bonds. The van der Waals surface area contributed by atoms with E-state index in [0.29, 0.717) is 30.7 Å². The summed E-state index contributed by atoms with van der Waals surface area (Å²) >= 11 is 0. The molecule has 1 aliphatic heterocycles. The molecular formula is C24H24FN5O2. The number of likely N-dealkylation sites (tertiary alicyclic amines) is 1. The molecule has 0 saturated carbocycles. The van der Waals surface area contributed by atoms with Crippen LogP contribution < -0.4 is 5.69 Å². The monoisotopic (exact) mass is 433 g/mol. The number of carbonyl (C=O) groups is 1. The number of carbonyl (C=O) groups excluding carboxylic acids is 1. The highest BCUT2D eigenvalue weighted by Crippen LogP contribution is 2.29. The number of imidazole rings is 1. The Hall–Kier alpha value is -3.68. The van der Waals surface area contributed by atoms with Crippen molar-refractivity contribution in [3.63, 3.8) is 0 Å². The number of hydrogen-bond donors (Lipinski definition) is 0. The molecule has 1 saturated heterocycles. The summed E-state index contributed by atoms with van der Waals surface area (Å²) in [6.07, 6.45) is 2.37. The summed E-state index contributed by atoms with van der Waals surface area (Å²) in [5.74, 6) is -0.354. The standard InChI is InChI=1S/C24H24FN5O2/c1-15-19(13-21(27(15)2)16-6-8-17(25)9-7-16)23(31)29-12-10-18(14-29)30-22-20(5-4-11-26-22)28(3)24(30)32/h4-9,11,13,18H,10,12,14H2,1-3H3. The molecular weight excluding hydrogens is 409 g/mol. The van der Waals surface area contributed by atoms with E-state index in [9.17, 15) is 14.0 Å². The van der Waals surface area contributed by atoms with Gasteiger partial charge in [0.15, 0.2) is 5.65 Å². The van der Waals surface area contributed by atoms with Crippen LogP contribution in [-0.2, 0) is 14.1 Å². The Labute approximate surface area is 184 Å². The molecule has 0 spiro atoms. The fourth-order valence-corrected chi connectivity index (χ4v) is 4.64. The average molecular weight is 433 g/mol. The van der Waals surface area contributed by atoms with Crippen molar-refractivity contribution in [2.24, 2.45) is 14.1 Å². The molecule has 1 atom stereocenters. The van der Waals surface area contributed by atoms with E-state index in [-0.39, 0.29) is 23.5 Å². The van der Waals surface area contributed by atoms with Gasteiger partial charge in [-0.3, -0.25) is 13.9 Å². The summed E-state index contributed by atoms with van der Waals surface area (Å²) < 4.78 is 18.6. The van der Waals surface area contributed by atoms with Gasteiger partial charge in [-0.25, -0.2) is 14.2 Å². The highest BCUT2D eigenvalue weighted by Gasteiger charge is 2.32. The number of hydrogen-bond acceptors (Lipinski definition) is 3. The number of aryl methyl sites for hydroxylation is 1. The van der Waals surface area contributed by atoms with Crippen molar-refractivity contribution < 1.29 is 9.18 Å². The van der Waals surface area contributed by atoms with Crippen LogP contribution in [-0.4, -0.2) is 42.6 Å². The fraction of sp³-hybridized carbons (Fsp3) is 0.292. The Morgan fingerprint density at radius 2 is 1.88 bits per heavy atom. The van der Waals surface area contributed by atoms with E-state index in [1.807, 2.05) is 36.7 Å². The second-order valence-corrected chi connectivity index (χ2v) is 8.35. The van der Waals surface area contributed by atoms with Gasteiger partial charge in [0.2, 0.25) is 0 Å². The molecule has 32 heavy (non-hydrogen) atoms. The van der Waals surface area contributed by atoms with Crippen molar-refractivity contribution in [2.75, 3.05) is 13.1 Å². The van der Waals surface area contributed by atoms with Crippen LogP contribution >= 0.6 is 0 Å². The third-order valence-corrected chi connectivity index (χ3v) is 6.57. The summed E-state index contributed by atoms with van der Waals surface area (Å²) in [5.41, 5.74) is 4.49. The number of rotatable bonds is 3. The second-order valence-electron chi connectivity index (χ2n) is 8.35. The van der Waals surface area contributed by atoms with Gasteiger partial charge in [-0.1, -0.05) is 0 Å². The third-order valence-electron chi connectivity index (χ3n) is 6.57. The zero-order valence-corrected chi connectivity index (χ0v) is 18.2. The van der Waals surface area contributed by atoms with Crippen LogP contribution in [0.25, 0.3) is 22.4 Å². The molecule has 4 heterocycles. The van der Waals surface area contributed by atoms with Crippen molar-refractivity contribution in [1.29, 1.82) is 0 Å². The highest BCUT2D eigenvalue weighted by atomic mass is 19.1. The minimum atomic E-state index is -0.294. The molecule has 7 nitrogen and oxygen atoms in total. The van der Waals surface area contributed by atoms with Gasteiger partial charge in [0.05, 0.1) is 17.1 Å². The number of nitrogens with zero attached hydrogens (tertiary/aromatic N) is 5. The molecule has 0 radical (unpaired) electrons. The molecule has 5 rings (SSSR count). The van der Waals surface area contributed by atoms with Gasteiger partial charge >= 0.3 is 5.69 Å². The lowest BCUT2D eigenvalue weighted by Gasteiger charge is -2.17. The molecule has 1 aliphatic rings. The van der Waals surface area contributed by atoms with Gasteiger partial charge in [0, 0.05) is 44.8 Å². The second kappa shape index (κ2) is 7.47. The lowest BCUT2D eigenvalue weighted by molar-refractivity contribution is 0.0787. The zero-order chi connectivity index (χ0) is 22.6. The maximum atomic E-state index is 13.4. The molecule has 164 valence electrons. The van der Waals surface area contributed by atoms with Crippen LogP contribution in [0.4, 0.5) is 4.39 Å². The average Bonchev–Trinajstić information content (AvgIpc) is 3.46. The van der Waals surface area contributed by atoms with Crippen molar-refractivity contribution >= 4 is 17.1 Å². The number of benzene rings is 1. The molecule has 3 aromatic heterocycles. The van der Waals surface area contributed by atoms with Gasteiger partial charge < -0.3 is 9.47 Å². The van der Waals surface area contributed by atoms with Crippen molar-refractivity contribution in [3.8, 4) is 11.3 Å². The number of fused-ring (bicyclic) bond motifs is 1. The van der Waals surface area contributed by atoms with Gasteiger partial charge in [-0.2, -0.15) is 0 Å². The van der Waals surface area contributed by atoms with Crippen LogP contribution in [0, 0.1) is 12.7 Å². The lowest BCUT2D eigenvalue weighted by atomic mass is 10.1. The van der Waals surface area contributed by atoms with E-state index in [4.69, 9.17) is 0 Å². The van der Waals surface area contributed by atoms with Gasteiger partial charge in [-0.05, 0) is 61.4 Å². The molecule has 0 N–H and O–H groups in total. The van der Waals surface area contributed by atoms with Crippen LogP contribution in [0.2, 0.25) is 0 Å². The van der Waals surface area contributed by atoms with E-state index in [2.05, 4.69) is 4.98 Å². The largest absolute Gasteiger partial charge is 0.347 e. The van der Waals surface area contributed by atoms with Crippen LogP contribution in [0.3, 0.4) is 0 Å². The van der Waals surface area contributed by atoms with E-state index in [1.54, 1.807) is 39.4 Å². The zero-order valence-electron chi connectivity index (χ0n) is 18.2. The Balaban J connectivity index is 1.44. The number of halogens is 1. The van der Waals surface area contributed by atoms with Gasteiger partial charge in [0.25, 0.3) is 5.91 Å². The molecule has 1 fully saturated rings. The summed E-state index contributed by atoms with van der Waals surface area (Å²) in [5, 5.41) is 0. The normalized spacial score (nSPS) is 16.2. The van der Waals surface area contributed by atoms with Crippen molar-refractivity contribution in [3.05, 3.63) is 76.2 Å². The third kappa shape index (κ3) is 3.05. The fourth-order valence-electron chi connectivity index (χ4n) is 4.64. The van der Waals surface area contributed by atoms with Gasteiger partial charge in [-0.15, -0.1) is 0 Å². The smallest absolute Gasteiger partial charge is 0.330 e. The minimum Gasteiger partial charge on any atom is -0.347 e. The Morgan fingerprint density at radius 1 is 1.12 bits per heavy atom. The Morgan fingerprint density at radius 3 is 2.62 bits per heavy atom. The topological polar surface area (TPSA) is 65.1 Å². The summed E-state index contributed by atoms with van der Waals surface area (Å²) in [6.45, 7) is 2.93. The Kier molecular flexibility index (Phi) is 4.73. The maximum Gasteiger partial charge on any atom is 0.330 e. The molecule has 4 aromatic rings. The first-order valence-corrected chi connectivity index (χ1v) is 10.6. The first kappa shape index (κ1) is 20.2.